The van der Waals surface area contributed by atoms with Crippen LogP contribution < -0.4 is 47.7 Å². The monoisotopic (exact) mass is 1530 g/mol. The van der Waals surface area contributed by atoms with Crippen molar-refractivity contribution in [1.82, 2.24) is 19.6 Å². The second-order valence-corrected chi connectivity index (χ2v) is 31.9. The van der Waals surface area contributed by atoms with Crippen molar-refractivity contribution >= 4 is 114 Å². The molecule has 4 aromatic carbocycles. The first-order valence-electron chi connectivity index (χ1n) is 34.7. The number of fused-ring (bicyclic) bond motifs is 8. The first-order chi connectivity index (χ1) is 50.7. The number of rotatable bonds is 28. The van der Waals surface area contributed by atoms with Gasteiger partial charge in [-0.25, -0.2) is 19.4 Å². The topological polar surface area (TPSA) is 279 Å². The fourth-order valence-electron chi connectivity index (χ4n) is 13.8. The van der Waals surface area contributed by atoms with Crippen LogP contribution in [0, 0.1) is 0 Å². The number of aliphatic imine (C=N–C) groups is 2. The number of methoxy groups -OCH3 is 4. The molecule has 0 saturated carbocycles. The van der Waals surface area contributed by atoms with Gasteiger partial charge in [0.15, 0.2) is 58.5 Å². The largest absolute Gasteiger partial charge is 0.493 e. The van der Waals surface area contributed by atoms with Crippen LogP contribution in [0.15, 0.2) is 107 Å². The molecule has 26 nitrogen and oxygen atoms in total. The molecule has 0 bridgehead atoms. The summed E-state index contributed by atoms with van der Waals surface area (Å²) in [5.74, 6) is 2.94. The Bertz CT molecular complexity index is 4080. The zero-order valence-electron chi connectivity index (χ0n) is 60.1. The van der Waals surface area contributed by atoms with Crippen molar-refractivity contribution in [2.75, 3.05) is 122 Å². The number of hydrogen-bond acceptors (Lipinski definition) is 24. The lowest BCUT2D eigenvalue weighted by molar-refractivity contribution is 0.0491. The van der Waals surface area contributed by atoms with Gasteiger partial charge < -0.3 is 77.2 Å². The number of aliphatic hydroxyl groups is 2. The predicted molar refractivity (Wildman–Crippen MR) is 415 cm³/mol. The third kappa shape index (κ3) is 17.6. The number of benzene rings is 4. The molecule has 30 heteroatoms. The lowest BCUT2D eigenvalue weighted by Crippen LogP contribution is -2.51. The molecule has 4 aromatic rings. The van der Waals surface area contributed by atoms with Crippen molar-refractivity contribution in [3.63, 3.8) is 0 Å². The molecule has 4 fully saturated rings. The zero-order chi connectivity index (χ0) is 74.8. The molecule has 8 aliphatic rings. The molecule has 0 aromatic heterocycles. The first kappa shape index (κ1) is 79.9. The smallest absolute Gasteiger partial charge is 0.416 e. The number of anilines is 2. The number of hydrogen-bond donors (Lipinski definition) is 2. The van der Waals surface area contributed by atoms with Crippen LogP contribution in [0.4, 0.5) is 32.3 Å². The Morgan fingerprint density at radius 3 is 1.23 bits per heavy atom. The molecule has 0 aliphatic carbocycles. The summed E-state index contributed by atoms with van der Waals surface area (Å²) in [6, 6.07) is 11.6. The van der Waals surface area contributed by atoms with E-state index in [-0.39, 0.29) is 97.2 Å². The summed E-state index contributed by atoms with van der Waals surface area (Å²) in [6.45, 7) is 21.3. The highest BCUT2D eigenvalue weighted by molar-refractivity contribution is 8.76. The Labute approximate surface area is 634 Å². The fraction of sp³-hybridized carbons (Fsp3) is 0.474. The summed E-state index contributed by atoms with van der Waals surface area (Å²) >= 11 is 0. The van der Waals surface area contributed by atoms with Gasteiger partial charge in [-0.2, -0.15) is 0 Å². The van der Waals surface area contributed by atoms with Gasteiger partial charge in [-0.1, -0.05) is 99.2 Å². The molecule has 12 rings (SSSR count). The normalized spacial score (nSPS) is 20.6. The van der Waals surface area contributed by atoms with Crippen molar-refractivity contribution in [2.24, 2.45) is 9.98 Å². The summed E-state index contributed by atoms with van der Waals surface area (Å²) in [7, 11) is 12.3. The maximum atomic E-state index is 13.8. The van der Waals surface area contributed by atoms with Gasteiger partial charge in [-0.3, -0.25) is 29.2 Å². The predicted octanol–water partition coefficient (Wildman–Crippen LogP) is 12.8. The molecule has 7 atom stereocenters. The van der Waals surface area contributed by atoms with Gasteiger partial charge in [0.1, 0.15) is 13.2 Å². The molecule has 2 N–H and O–H groups in total. The Hall–Kier alpha value is -8.68. The van der Waals surface area contributed by atoms with E-state index in [2.05, 4.69) is 36.3 Å². The highest BCUT2D eigenvalue weighted by Gasteiger charge is 2.49. The van der Waals surface area contributed by atoms with E-state index >= 15 is 0 Å². The van der Waals surface area contributed by atoms with Crippen LogP contribution in [0.1, 0.15) is 120 Å². The highest BCUT2D eigenvalue weighted by atomic mass is 33.1. The molecule has 570 valence electrons. The van der Waals surface area contributed by atoms with Gasteiger partial charge in [0, 0.05) is 73.9 Å². The van der Waals surface area contributed by atoms with Crippen LogP contribution >= 0.6 is 43.2 Å². The van der Waals surface area contributed by atoms with Crippen LogP contribution in [-0.2, 0) is 9.47 Å². The fourth-order valence-corrected chi connectivity index (χ4v) is 16.5. The zero-order valence-corrected chi connectivity index (χ0v) is 63.4. The molecular weight excluding hydrogens is 1440 g/mol. The average molecular weight is 1540 g/mol. The van der Waals surface area contributed by atoms with Crippen molar-refractivity contribution < 1.29 is 86.3 Å². The van der Waals surface area contributed by atoms with E-state index in [1.54, 1.807) is 138 Å². The quantitative estimate of drug-likeness (QED) is 0.0304. The lowest BCUT2D eigenvalue weighted by Gasteiger charge is -2.31. The second-order valence-electron chi connectivity index (χ2n) is 26.3. The lowest BCUT2D eigenvalue weighted by atomic mass is 10.1. The van der Waals surface area contributed by atoms with Crippen LogP contribution in [0.3, 0.4) is 0 Å². The van der Waals surface area contributed by atoms with Gasteiger partial charge in [-0.05, 0) is 108 Å². The van der Waals surface area contributed by atoms with Gasteiger partial charge in [0.25, 0.3) is 23.6 Å². The molecule has 8 aliphatic heterocycles. The summed E-state index contributed by atoms with van der Waals surface area (Å²) in [4.78, 5) is 99.2. The maximum Gasteiger partial charge on any atom is 0.416 e. The molecule has 8 heterocycles. The number of ether oxygens (including phenoxy) is 10. The van der Waals surface area contributed by atoms with Crippen molar-refractivity contribution in [1.29, 1.82) is 0 Å². The van der Waals surface area contributed by atoms with E-state index in [9.17, 15) is 39.0 Å². The van der Waals surface area contributed by atoms with Crippen LogP contribution in [0.5, 0.6) is 46.0 Å². The van der Waals surface area contributed by atoms with Gasteiger partial charge in [0.05, 0.1) is 124 Å². The third-order valence-corrected chi connectivity index (χ3v) is 23.0. The minimum absolute atomic E-state index is 0. The SMILES string of the molecule is C.C=C1C[C@H]2C=Nc3cc(OCCCCCOc4cc5c(cc4OC)C(=O)N4CC(=C)C[C@H]4[C@H](O)N5C(=O)OCCSSC)c(OC)cc3C(=O)N2C1.C=C1C[C@H]2C=Nc3cc(OCCCCCOc4cc5c(cc4OC)C(=O)N4CC(=C)C[C@H]4[C@H](O)N5C(=O)OC[C@@H](C)SSC)c(OC)cc3C(=O)N2C1. The first-order valence-corrected chi connectivity index (χ1v) is 40.0. The van der Waals surface area contributed by atoms with E-state index < -0.39 is 36.7 Å². The van der Waals surface area contributed by atoms with E-state index in [0.29, 0.717) is 165 Å². The average Bonchev–Trinajstić information content (AvgIpc) is 1.56. The Morgan fingerprint density at radius 1 is 0.481 bits per heavy atom. The minimum Gasteiger partial charge on any atom is -0.493 e. The number of carbonyl (C=O) groups excluding carboxylic acids is 6. The molecule has 106 heavy (non-hydrogen) atoms. The van der Waals surface area contributed by atoms with Crippen LogP contribution in [0.25, 0.3) is 0 Å². The number of aliphatic hydroxyl groups excluding tert-OH is 2. The molecule has 0 radical (unpaired) electrons. The number of carbonyl (C=O) groups is 6. The number of unbranched alkanes of at least 4 members (excludes halogenated alkanes) is 4. The number of amides is 6. The van der Waals surface area contributed by atoms with E-state index in [1.165, 1.54) is 14.2 Å². The molecule has 0 spiro atoms. The Morgan fingerprint density at radius 2 is 0.840 bits per heavy atom. The second kappa shape index (κ2) is 36.3. The van der Waals surface area contributed by atoms with Crippen molar-refractivity contribution in [3.05, 3.63) is 119 Å². The molecule has 6 amide bonds. The van der Waals surface area contributed by atoms with E-state index in [0.717, 1.165) is 44.9 Å². The van der Waals surface area contributed by atoms with Crippen molar-refractivity contribution in [2.45, 2.75) is 120 Å². The highest BCUT2D eigenvalue weighted by Crippen LogP contribution is 2.46. The Kier molecular flexibility index (Phi) is 27.3. The van der Waals surface area contributed by atoms with Gasteiger partial charge in [0.2, 0.25) is 0 Å². The third-order valence-electron chi connectivity index (χ3n) is 19.0. The summed E-state index contributed by atoms with van der Waals surface area (Å²) in [5, 5.41) is 23.1. The Balaban J connectivity index is 0.000000225. The van der Waals surface area contributed by atoms with Gasteiger partial charge in [-0.15, -0.1) is 0 Å². The molecule has 0 unspecified atom stereocenters. The minimum atomic E-state index is -1.36. The summed E-state index contributed by atoms with van der Waals surface area (Å²) in [5.41, 5.74) is 6.40. The summed E-state index contributed by atoms with van der Waals surface area (Å²) in [6.07, 6.45) is 9.68. The molecular formula is C76H94N8O18S4. The van der Waals surface area contributed by atoms with E-state index in [1.807, 2.05) is 19.4 Å². The molecule has 4 saturated heterocycles. The van der Waals surface area contributed by atoms with Crippen LogP contribution in [-0.4, -0.2) is 232 Å². The van der Waals surface area contributed by atoms with Gasteiger partial charge >= 0.3 is 12.2 Å². The maximum absolute atomic E-state index is 13.8. The van der Waals surface area contributed by atoms with Crippen LogP contribution in [0.2, 0.25) is 0 Å². The number of nitrogens with zero attached hydrogens (tertiary/aromatic N) is 8. The van der Waals surface area contributed by atoms with E-state index in [4.69, 9.17) is 47.4 Å². The summed E-state index contributed by atoms with van der Waals surface area (Å²) < 4.78 is 58.0. The standard InChI is InChI=1S/C38H46N4O9S2.C37H44N4O9S2.CH4/c1-22-12-25-18-39-28-16-33(31(47-4)14-26(28)35(43)40(25)19-22)49-10-8-7-9-11-50-34-17-29-27(15-32(34)48-5)36(44)41-20-23(2)13-30(41)37(45)42(29)38(46)51-21-24(3)53-52-6;1-22-13-24-19-38-27-17-32(30(46-3)15-25(27)34(42)39(24)20-22)48-9-7-6-8-10-49-33-18-28-26(16-31(33)47-4)35(43)40-21-23(2)14-29(40)36(44)41(28)37(45)50-11-12-52-51-5;/h14-18,24-25,30,37,45H,1-2,7-13,19-21H2,3-6H3;15-19,24,29,36,44H,1-2,6-14,20-21H2,3-5H3;1H4/t24-,25+,30+,37+;24-,29-,36-;/m10./s1. The van der Waals surface area contributed by atoms with Crippen molar-refractivity contribution in [3.8, 4) is 46.0 Å².